The van der Waals surface area contributed by atoms with Crippen LogP contribution in [0.25, 0.3) is 0 Å². The van der Waals surface area contributed by atoms with Crippen molar-refractivity contribution in [1.82, 2.24) is 0 Å². The summed E-state index contributed by atoms with van der Waals surface area (Å²) < 4.78 is 0. The Morgan fingerprint density at radius 2 is 1.73 bits per heavy atom. The van der Waals surface area contributed by atoms with Gasteiger partial charge in [-0.15, -0.1) is 0 Å². The molecule has 0 saturated carbocycles. The van der Waals surface area contributed by atoms with Crippen LogP contribution in [0.5, 0.6) is 0 Å². The number of carbonyl (C=O) groups excluding carboxylic acids is 2. The van der Waals surface area contributed by atoms with Gasteiger partial charge < -0.3 is 10.2 Å². The van der Waals surface area contributed by atoms with Crippen molar-refractivity contribution >= 4 is 34.8 Å². The van der Waals surface area contributed by atoms with Crippen molar-refractivity contribution in [3.63, 3.8) is 0 Å². The van der Waals surface area contributed by atoms with Crippen LogP contribution >= 0.6 is 11.6 Å². The number of rotatable bonds is 4. The Morgan fingerprint density at radius 3 is 2.32 bits per heavy atom. The highest BCUT2D eigenvalue weighted by Gasteiger charge is 2.18. The monoisotopic (exact) mass is 316 g/mol. The highest BCUT2D eigenvalue weighted by Crippen LogP contribution is 2.25. The molecule has 0 aliphatic heterocycles. The molecule has 0 heterocycles. The van der Waals surface area contributed by atoms with E-state index in [0.717, 1.165) is 5.56 Å². The van der Waals surface area contributed by atoms with E-state index in [-0.39, 0.29) is 18.4 Å². The first-order chi connectivity index (χ1) is 10.5. The summed E-state index contributed by atoms with van der Waals surface area (Å²) in [6, 6.07) is 14.4. The molecule has 0 bridgehead atoms. The largest absolute Gasteiger partial charge is 0.325 e. The Kier molecular flexibility index (Phi) is 5.17. The second-order valence-electron chi connectivity index (χ2n) is 4.97. The lowest BCUT2D eigenvalue weighted by Gasteiger charge is -2.21. The third-order valence-electron chi connectivity index (χ3n) is 3.16. The second kappa shape index (κ2) is 7.09. The van der Waals surface area contributed by atoms with Gasteiger partial charge in [0, 0.05) is 12.6 Å². The first-order valence-electron chi connectivity index (χ1n) is 6.86. The Balaban J connectivity index is 2.11. The minimum Gasteiger partial charge on any atom is -0.325 e. The molecule has 1 N–H and O–H groups in total. The number of anilines is 2. The minimum absolute atomic E-state index is 0.0903. The summed E-state index contributed by atoms with van der Waals surface area (Å²) in [6.45, 7) is 3.29. The van der Waals surface area contributed by atoms with Crippen LogP contribution in [-0.4, -0.2) is 18.4 Å². The molecule has 0 radical (unpaired) electrons. The molecule has 0 atom stereocenters. The molecule has 0 fully saturated rings. The smallest absolute Gasteiger partial charge is 0.244 e. The minimum atomic E-state index is -0.279. The van der Waals surface area contributed by atoms with E-state index < -0.39 is 0 Å². The predicted molar refractivity (Wildman–Crippen MR) is 89.3 cm³/mol. The number of carbonyl (C=O) groups is 2. The topological polar surface area (TPSA) is 49.4 Å². The van der Waals surface area contributed by atoms with Crippen LogP contribution in [0.4, 0.5) is 11.4 Å². The lowest BCUT2D eigenvalue weighted by Crippen LogP contribution is -2.36. The first kappa shape index (κ1) is 16.0. The number of nitrogens with zero attached hydrogens (tertiary/aromatic N) is 1. The van der Waals surface area contributed by atoms with Crippen molar-refractivity contribution in [1.29, 1.82) is 0 Å². The summed E-state index contributed by atoms with van der Waals surface area (Å²) in [5, 5.41) is 3.20. The molecule has 22 heavy (non-hydrogen) atoms. The van der Waals surface area contributed by atoms with Crippen molar-refractivity contribution in [2.75, 3.05) is 16.8 Å². The highest BCUT2D eigenvalue weighted by molar-refractivity contribution is 6.33. The molecule has 0 unspecified atom stereocenters. The lowest BCUT2D eigenvalue weighted by molar-refractivity contribution is -0.120. The van der Waals surface area contributed by atoms with Crippen LogP contribution in [0, 0.1) is 6.92 Å². The van der Waals surface area contributed by atoms with Gasteiger partial charge in [0.1, 0.15) is 6.54 Å². The third-order valence-corrected chi connectivity index (χ3v) is 3.48. The Bertz CT molecular complexity index is 683. The molecule has 2 amide bonds. The van der Waals surface area contributed by atoms with E-state index >= 15 is 0 Å². The van der Waals surface area contributed by atoms with Gasteiger partial charge in [-0.1, -0.05) is 41.4 Å². The van der Waals surface area contributed by atoms with E-state index in [1.807, 2.05) is 31.2 Å². The molecule has 0 saturated heterocycles. The fourth-order valence-corrected chi connectivity index (χ4v) is 2.26. The van der Waals surface area contributed by atoms with Gasteiger partial charge in [-0.05, 0) is 31.2 Å². The third kappa shape index (κ3) is 4.09. The zero-order valence-electron chi connectivity index (χ0n) is 12.5. The maximum atomic E-state index is 12.1. The van der Waals surface area contributed by atoms with E-state index in [1.165, 1.54) is 11.8 Å². The summed E-state index contributed by atoms with van der Waals surface area (Å²) in [4.78, 5) is 25.3. The average molecular weight is 317 g/mol. The standard InChI is InChI=1S/C17H17ClN2O2/c1-12-7-9-14(10-8-12)19-17(22)11-20(13(2)21)16-6-4-3-5-15(16)18/h3-10H,11H2,1-2H3,(H,19,22). The van der Waals surface area contributed by atoms with E-state index in [2.05, 4.69) is 5.32 Å². The van der Waals surface area contributed by atoms with Crippen LogP contribution in [0.3, 0.4) is 0 Å². The number of halogens is 1. The van der Waals surface area contributed by atoms with E-state index in [4.69, 9.17) is 11.6 Å². The molecule has 114 valence electrons. The molecule has 0 aromatic heterocycles. The molecular formula is C17H17ClN2O2. The van der Waals surface area contributed by atoms with Crippen molar-refractivity contribution in [2.45, 2.75) is 13.8 Å². The zero-order chi connectivity index (χ0) is 16.1. The number of hydrogen-bond donors (Lipinski definition) is 1. The van der Waals surface area contributed by atoms with Gasteiger partial charge in [-0.2, -0.15) is 0 Å². The Labute approximate surface area is 134 Å². The van der Waals surface area contributed by atoms with Crippen molar-refractivity contribution in [3.05, 3.63) is 59.1 Å². The van der Waals surface area contributed by atoms with Crippen molar-refractivity contribution < 1.29 is 9.59 Å². The molecule has 0 aliphatic carbocycles. The molecule has 0 spiro atoms. The van der Waals surface area contributed by atoms with Gasteiger partial charge in [0.25, 0.3) is 0 Å². The summed E-state index contributed by atoms with van der Waals surface area (Å²) in [5.74, 6) is -0.522. The number of amides is 2. The summed E-state index contributed by atoms with van der Waals surface area (Å²) in [7, 11) is 0. The molecule has 2 rings (SSSR count). The number of benzene rings is 2. The van der Waals surface area contributed by atoms with E-state index in [1.54, 1.807) is 24.3 Å². The van der Waals surface area contributed by atoms with Crippen LogP contribution < -0.4 is 10.2 Å². The van der Waals surface area contributed by atoms with Crippen LogP contribution in [0.2, 0.25) is 5.02 Å². The van der Waals surface area contributed by atoms with E-state index in [9.17, 15) is 9.59 Å². The van der Waals surface area contributed by atoms with Gasteiger partial charge in [-0.25, -0.2) is 0 Å². The SMILES string of the molecule is CC(=O)N(CC(=O)Nc1ccc(C)cc1)c1ccccc1Cl. The molecule has 4 nitrogen and oxygen atoms in total. The average Bonchev–Trinajstić information content (AvgIpc) is 2.48. The van der Waals surface area contributed by atoms with Crippen LogP contribution in [0.15, 0.2) is 48.5 Å². The number of aryl methyl sites for hydroxylation is 1. The first-order valence-corrected chi connectivity index (χ1v) is 7.24. The normalized spacial score (nSPS) is 10.1. The van der Waals surface area contributed by atoms with Gasteiger partial charge in [0.05, 0.1) is 10.7 Å². The zero-order valence-corrected chi connectivity index (χ0v) is 13.2. The fourth-order valence-electron chi connectivity index (χ4n) is 2.02. The van der Waals surface area contributed by atoms with Gasteiger partial charge in [0.2, 0.25) is 11.8 Å². The summed E-state index contributed by atoms with van der Waals surface area (Å²) >= 11 is 6.10. The highest BCUT2D eigenvalue weighted by atomic mass is 35.5. The Hall–Kier alpha value is -2.33. The van der Waals surface area contributed by atoms with Crippen molar-refractivity contribution in [2.24, 2.45) is 0 Å². The van der Waals surface area contributed by atoms with Gasteiger partial charge in [-0.3, -0.25) is 9.59 Å². The number of nitrogens with one attached hydrogen (secondary N) is 1. The Morgan fingerprint density at radius 1 is 1.09 bits per heavy atom. The summed E-state index contributed by atoms with van der Waals surface area (Å²) in [5.41, 5.74) is 2.33. The molecule has 5 heteroatoms. The molecule has 2 aromatic carbocycles. The van der Waals surface area contributed by atoms with Crippen molar-refractivity contribution in [3.8, 4) is 0 Å². The maximum Gasteiger partial charge on any atom is 0.244 e. The lowest BCUT2D eigenvalue weighted by atomic mass is 10.2. The quantitative estimate of drug-likeness (QED) is 0.936. The van der Waals surface area contributed by atoms with Crippen LogP contribution in [-0.2, 0) is 9.59 Å². The number of hydrogen-bond acceptors (Lipinski definition) is 2. The fraction of sp³-hybridized carbons (Fsp3) is 0.176. The second-order valence-corrected chi connectivity index (χ2v) is 5.38. The predicted octanol–water partition coefficient (Wildman–Crippen LogP) is 3.64. The van der Waals surface area contributed by atoms with Gasteiger partial charge in [0.15, 0.2) is 0 Å². The number of para-hydroxylation sites is 1. The molecule has 0 aliphatic rings. The van der Waals surface area contributed by atoms with Crippen LogP contribution in [0.1, 0.15) is 12.5 Å². The molecule has 2 aromatic rings. The molecular weight excluding hydrogens is 300 g/mol. The maximum absolute atomic E-state index is 12.1. The van der Waals surface area contributed by atoms with Gasteiger partial charge >= 0.3 is 0 Å². The van der Waals surface area contributed by atoms with E-state index in [0.29, 0.717) is 16.4 Å². The summed E-state index contributed by atoms with van der Waals surface area (Å²) in [6.07, 6.45) is 0.